The molecular weight excluding hydrogens is 430 g/mol. The van der Waals surface area contributed by atoms with Crippen LogP contribution < -0.4 is 19.9 Å². The number of halogens is 2. The standard InChI is InChI=1S/C24H22F2N4O3/c1-3-4-18-22-21(16(11-27)23(28)33-24(22)30-29-18)13-5-7-19(31-2)14(9-13)12-32-20-8-6-15(25)10-17(20)26/h5-10,21H,3-4,12,28H2,1-2H3,(H,29,30)/t21-/m1/s1. The summed E-state index contributed by atoms with van der Waals surface area (Å²) >= 11 is 0. The maximum atomic E-state index is 14.0. The third kappa shape index (κ3) is 4.20. The van der Waals surface area contributed by atoms with Crippen LogP contribution in [0.2, 0.25) is 0 Å². The van der Waals surface area contributed by atoms with E-state index in [4.69, 9.17) is 19.9 Å². The average molecular weight is 452 g/mol. The predicted octanol–water partition coefficient (Wildman–Crippen LogP) is 4.45. The topological polar surface area (TPSA) is 106 Å². The van der Waals surface area contributed by atoms with Gasteiger partial charge in [0.2, 0.25) is 11.8 Å². The summed E-state index contributed by atoms with van der Waals surface area (Å²) in [6.45, 7) is 2.00. The van der Waals surface area contributed by atoms with E-state index in [1.165, 1.54) is 13.2 Å². The zero-order chi connectivity index (χ0) is 23.5. The van der Waals surface area contributed by atoms with Crippen molar-refractivity contribution in [2.75, 3.05) is 7.11 Å². The molecule has 4 rings (SSSR count). The maximum Gasteiger partial charge on any atom is 0.244 e. The minimum Gasteiger partial charge on any atom is -0.496 e. The Morgan fingerprint density at radius 2 is 2.00 bits per heavy atom. The molecule has 0 unspecified atom stereocenters. The molecule has 0 bridgehead atoms. The molecule has 0 fully saturated rings. The van der Waals surface area contributed by atoms with Crippen LogP contribution >= 0.6 is 0 Å². The highest BCUT2D eigenvalue weighted by Gasteiger charge is 2.35. The highest BCUT2D eigenvalue weighted by Crippen LogP contribution is 2.44. The van der Waals surface area contributed by atoms with E-state index >= 15 is 0 Å². The number of allylic oxidation sites excluding steroid dienone is 1. The van der Waals surface area contributed by atoms with Crippen LogP contribution in [0.25, 0.3) is 0 Å². The van der Waals surface area contributed by atoms with Crippen LogP contribution in [0.3, 0.4) is 0 Å². The molecule has 0 radical (unpaired) electrons. The van der Waals surface area contributed by atoms with Gasteiger partial charge in [0.25, 0.3) is 0 Å². The molecule has 1 aliphatic heterocycles. The number of fused-ring (bicyclic) bond motifs is 1. The number of nitriles is 1. The highest BCUT2D eigenvalue weighted by atomic mass is 19.1. The predicted molar refractivity (Wildman–Crippen MR) is 116 cm³/mol. The fourth-order valence-electron chi connectivity index (χ4n) is 3.92. The number of rotatable bonds is 7. The lowest BCUT2D eigenvalue weighted by Gasteiger charge is -2.25. The summed E-state index contributed by atoms with van der Waals surface area (Å²) in [4.78, 5) is 0. The van der Waals surface area contributed by atoms with E-state index in [2.05, 4.69) is 16.3 Å². The van der Waals surface area contributed by atoms with Gasteiger partial charge in [0.15, 0.2) is 11.6 Å². The first kappa shape index (κ1) is 22.1. The lowest BCUT2D eigenvalue weighted by Crippen LogP contribution is -2.21. The Kier molecular flexibility index (Phi) is 6.18. The first-order valence-corrected chi connectivity index (χ1v) is 10.4. The van der Waals surface area contributed by atoms with Crippen LogP contribution in [0.1, 0.15) is 41.6 Å². The molecule has 0 aliphatic carbocycles. The molecule has 9 heteroatoms. The Hall–Kier alpha value is -4.06. The molecular formula is C24H22F2N4O3. The molecule has 0 saturated carbocycles. The normalized spacial score (nSPS) is 14.9. The second-order valence-corrected chi connectivity index (χ2v) is 7.53. The van der Waals surface area contributed by atoms with Gasteiger partial charge in [-0.3, -0.25) is 5.10 Å². The highest BCUT2D eigenvalue weighted by molar-refractivity contribution is 5.56. The quantitative estimate of drug-likeness (QED) is 0.549. The summed E-state index contributed by atoms with van der Waals surface area (Å²) < 4.78 is 43.8. The Morgan fingerprint density at radius 3 is 2.70 bits per heavy atom. The van der Waals surface area contributed by atoms with E-state index < -0.39 is 17.6 Å². The molecule has 2 aromatic carbocycles. The second-order valence-electron chi connectivity index (χ2n) is 7.53. The molecule has 1 aromatic heterocycles. The van der Waals surface area contributed by atoms with E-state index in [0.29, 0.717) is 17.2 Å². The average Bonchev–Trinajstić information content (AvgIpc) is 3.19. The summed E-state index contributed by atoms with van der Waals surface area (Å²) in [7, 11) is 1.51. The zero-order valence-corrected chi connectivity index (χ0v) is 18.1. The first-order valence-electron chi connectivity index (χ1n) is 10.4. The van der Waals surface area contributed by atoms with E-state index in [1.807, 2.05) is 19.1 Å². The number of hydrogen-bond acceptors (Lipinski definition) is 6. The molecule has 0 amide bonds. The summed E-state index contributed by atoms with van der Waals surface area (Å²) in [5.74, 6) is -1.24. The van der Waals surface area contributed by atoms with Crippen molar-refractivity contribution in [2.24, 2.45) is 5.73 Å². The van der Waals surface area contributed by atoms with Gasteiger partial charge in [-0.15, -0.1) is 5.10 Å². The number of H-pyrrole nitrogens is 1. The number of aromatic nitrogens is 2. The third-order valence-corrected chi connectivity index (χ3v) is 5.43. The Balaban J connectivity index is 1.75. The molecule has 0 saturated heterocycles. The van der Waals surface area contributed by atoms with Gasteiger partial charge >= 0.3 is 0 Å². The van der Waals surface area contributed by atoms with Gasteiger partial charge in [-0.25, -0.2) is 8.78 Å². The second kappa shape index (κ2) is 9.20. The lowest BCUT2D eigenvalue weighted by atomic mass is 9.83. The van der Waals surface area contributed by atoms with Crippen molar-refractivity contribution in [3.63, 3.8) is 0 Å². The Morgan fingerprint density at radius 1 is 1.21 bits per heavy atom. The summed E-state index contributed by atoms with van der Waals surface area (Å²) in [6.07, 6.45) is 1.59. The van der Waals surface area contributed by atoms with Crippen molar-refractivity contribution < 1.29 is 23.0 Å². The van der Waals surface area contributed by atoms with Crippen molar-refractivity contribution >= 4 is 0 Å². The molecule has 3 aromatic rings. The molecule has 0 spiro atoms. The van der Waals surface area contributed by atoms with Gasteiger partial charge in [-0.2, -0.15) is 5.26 Å². The monoisotopic (exact) mass is 452 g/mol. The van der Waals surface area contributed by atoms with E-state index in [-0.39, 0.29) is 23.8 Å². The van der Waals surface area contributed by atoms with Crippen molar-refractivity contribution in [3.8, 4) is 23.4 Å². The molecule has 1 aliphatic rings. The van der Waals surface area contributed by atoms with Gasteiger partial charge in [0.1, 0.15) is 29.8 Å². The largest absolute Gasteiger partial charge is 0.496 e. The number of aromatic amines is 1. The van der Waals surface area contributed by atoms with Crippen molar-refractivity contribution in [1.82, 2.24) is 10.2 Å². The van der Waals surface area contributed by atoms with Gasteiger partial charge in [0, 0.05) is 22.9 Å². The van der Waals surface area contributed by atoms with Crippen molar-refractivity contribution in [1.29, 1.82) is 5.26 Å². The van der Waals surface area contributed by atoms with Gasteiger partial charge in [-0.05, 0) is 36.2 Å². The minimum absolute atomic E-state index is 0.00782. The Bertz CT molecular complexity index is 1260. The van der Waals surface area contributed by atoms with Crippen LogP contribution in [0.15, 0.2) is 47.9 Å². The van der Waals surface area contributed by atoms with E-state index in [1.54, 1.807) is 6.07 Å². The van der Waals surface area contributed by atoms with Crippen molar-refractivity contribution in [2.45, 2.75) is 32.3 Å². The summed E-state index contributed by atoms with van der Waals surface area (Å²) in [5, 5.41) is 17.0. The van der Waals surface area contributed by atoms with Gasteiger partial charge in [0.05, 0.1) is 13.0 Å². The summed E-state index contributed by atoms with van der Waals surface area (Å²) in [5.41, 5.74) is 9.27. The summed E-state index contributed by atoms with van der Waals surface area (Å²) in [6, 6.07) is 10.7. The van der Waals surface area contributed by atoms with E-state index in [9.17, 15) is 14.0 Å². The number of hydrogen-bond donors (Lipinski definition) is 2. The fraction of sp³-hybridized carbons (Fsp3) is 0.250. The number of benzene rings is 2. The van der Waals surface area contributed by atoms with Crippen LogP contribution in [0, 0.1) is 23.0 Å². The molecule has 1 atom stereocenters. The minimum atomic E-state index is -0.802. The zero-order valence-electron chi connectivity index (χ0n) is 18.1. The molecule has 33 heavy (non-hydrogen) atoms. The molecule has 170 valence electrons. The smallest absolute Gasteiger partial charge is 0.244 e. The van der Waals surface area contributed by atoms with E-state index in [0.717, 1.165) is 41.8 Å². The molecule has 7 nitrogen and oxygen atoms in total. The lowest BCUT2D eigenvalue weighted by molar-refractivity contribution is 0.281. The number of nitrogens with two attached hydrogens (primary N) is 1. The fourth-order valence-corrected chi connectivity index (χ4v) is 3.92. The Labute approximate surface area is 189 Å². The molecule has 3 N–H and O–H groups in total. The molecule has 2 heterocycles. The number of aryl methyl sites for hydroxylation is 1. The SMILES string of the molecule is CCCc1[nH]nc2c1[C@H](c1ccc(OC)c(COc3ccc(F)cc3F)c1)C(C#N)=C(N)O2. The maximum absolute atomic E-state index is 14.0. The first-order chi connectivity index (χ1) is 16.0. The number of ether oxygens (including phenoxy) is 3. The van der Waals surface area contributed by atoms with Crippen LogP contribution in [-0.2, 0) is 13.0 Å². The van der Waals surface area contributed by atoms with Gasteiger partial charge < -0.3 is 19.9 Å². The van der Waals surface area contributed by atoms with Crippen molar-refractivity contribution in [3.05, 3.63) is 81.9 Å². The van der Waals surface area contributed by atoms with Gasteiger partial charge in [-0.1, -0.05) is 19.4 Å². The van der Waals surface area contributed by atoms with Crippen LogP contribution in [0.5, 0.6) is 17.4 Å². The van der Waals surface area contributed by atoms with Crippen LogP contribution in [-0.4, -0.2) is 17.3 Å². The number of nitrogens with one attached hydrogen (secondary N) is 1. The number of nitrogens with zero attached hydrogens (tertiary/aromatic N) is 2. The van der Waals surface area contributed by atoms with Crippen LogP contribution in [0.4, 0.5) is 8.78 Å². The third-order valence-electron chi connectivity index (χ3n) is 5.43. The number of methoxy groups -OCH3 is 1.